The summed E-state index contributed by atoms with van der Waals surface area (Å²) < 4.78 is 0. The second-order valence-electron chi connectivity index (χ2n) is 4.37. The predicted octanol–water partition coefficient (Wildman–Crippen LogP) is 1.49. The molecular weight excluding hydrogens is 200 g/mol. The van der Waals surface area contributed by atoms with Gasteiger partial charge in [0.2, 0.25) is 0 Å². The van der Waals surface area contributed by atoms with Gasteiger partial charge >= 0.3 is 0 Å². The molecule has 0 amide bonds. The van der Waals surface area contributed by atoms with Gasteiger partial charge in [0.05, 0.1) is 11.1 Å². The third kappa shape index (κ3) is 2.21. The molecule has 0 spiro atoms. The zero-order chi connectivity index (χ0) is 11.6. The van der Waals surface area contributed by atoms with Crippen LogP contribution < -0.4 is 5.73 Å². The van der Waals surface area contributed by atoms with Gasteiger partial charge in [0.1, 0.15) is 0 Å². The molecule has 2 aromatic rings. The molecule has 3 nitrogen and oxygen atoms in total. The summed E-state index contributed by atoms with van der Waals surface area (Å²) >= 11 is 0. The van der Waals surface area contributed by atoms with Crippen LogP contribution in [0, 0.1) is 0 Å². The molecule has 0 saturated carbocycles. The van der Waals surface area contributed by atoms with Gasteiger partial charge in [-0.05, 0) is 24.6 Å². The van der Waals surface area contributed by atoms with Gasteiger partial charge in [0.25, 0.3) is 0 Å². The van der Waals surface area contributed by atoms with E-state index in [9.17, 15) is 5.11 Å². The van der Waals surface area contributed by atoms with E-state index in [0.29, 0.717) is 6.42 Å². The Labute approximate surface area is 94.9 Å². The van der Waals surface area contributed by atoms with Crippen LogP contribution in [0.1, 0.15) is 12.5 Å². The minimum atomic E-state index is -0.857. The monoisotopic (exact) mass is 216 g/mol. The van der Waals surface area contributed by atoms with Gasteiger partial charge in [-0.3, -0.25) is 4.98 Å². The highest BCUT2D eigenvalue weighted by atomic mass is 16.3. The van der Waals surface area contributed by atoms with E-state index in [2.05, 4.69) is 4.98 Å². The molecule has 1 unspecified atom stereocenters. The summed E-state index contributed by atoms with van der Waals surface area (Å²) in [6, 6.07) is 9.86. The molecule has 0 bridgehead atoms. The quantitative estimate of drug-likeness (QED) is 0.817. The van der Waals surface area contributed by atoms with Crippen molar-refractivity contribution in [3.63, 3.8) is 0 Å². The number of nitrogens with zero attached hydrogens (tertiary/aromatic N) is 1. The SMILES string of the molecule is CC(O)(CN)Cc1ccnc2ccccc12. The van der Waals surface area contributed by atoms with E-state index >= 15 is 0 Å². The molecule has 0 fully saturated rings. The Hall–Kier alpha value is -1.45. The van der Waals surface area contributed by atoms with Gasteiger partial charge < -0.3 is 10.8 Å². The van der Waals surface area contributed by atoms with Crippen molar-refractivity contribution in [2.75, 3.05) is 6.54 Å². The summed E-state index contributed by atoms with van der Waals surface area (Å²) in [5.41, 5.74) is 6.71. The number of aliphatic hydroxyl groups is 1. The summed E-state index contributed by atoms with van der Waals surface area (Å²) in [5, 5.41) is 11.1. The maximum absolute atomic E-state index is 9.99. The van der Waals surface area contributed by atoms with E-state index in [1.54, 1.807) is 13.1 Å². The fourth-order valence-electron chi connectivity index (χ4n) is 1.79. The first kappa shape index (κ1) is 11.0. The Morgan fingerprint density at radius 3 is 2.81 bits per heavy atom. The molecule has 0 radical (unpaired) electrons. The molecular formula is C13H16N2O. The Kier molecular flexibility index (Phi) is 2.90. The largest absolute Gasteiger partial charge is 0.389 e. The van der Waals surface area contributed by atoms with E-state index in [-0.39, 0.29) is 6.54 Å². The number of pyridine rings is 1. The van der Waals surface area contributed by atoms with E-state index in [4.69, 9.17) is 5.73 Å². The first-order chi connectivity index (χ1) is 7.62. The van der Waals surface area contributed by atoms with Crippen molar-refractivity contribution in [1.29, 1.82) is 0 Å². The summed E-state index contributed by atoms with van der Waals surface area (Å²) in [6.07, 6.45) is 2.32. The summed E-state index contributed by atoms with van der Waals surface area (Å²) in [6.45, 7) is 2.01. The topological polar surface area (TPSA) is 59.1 Å². The van der Waals surface area contributed by atoms with Crippen molar-refractivity contribution in [3.8, 4) is 0 Å². The lowest BCUT2D eigenvalue weighted by Crippen LogP contribution is -2.36. The number of aromatic nitrogens is 1. The Morgan fingerprint density at radius 1 is 1.31 bits per heavy atom. The van der Waals surface area contributed by atoms with Gasteiger partial charge in [-0.2, -0.15) is 0 Å². The smallest absolute Gasteiger partial charge is 0.0781 e. The van der Waals surface area contributed by atoms with E-state index in [1.165, 1.54) is 0 Å². The van der Waals surface area contributed by atoms with Crippen LogP contribution >= 0.6 is 0 Å². The summed E-state index contributed by atoms with van der Waals surface area (Å²) in [4.78, 5) is 4.28. The molecule has 0 saturated heterocycles. The van der Waals surface area contributed by atoms with Gasteiger partial charge in [-0.25, -0.2) is 0 Å². The van der Waals surface area contributed by atoms with Crippen LogP contribution in [0.2, 0.25) is 0 Å². The lowest BCUT2D eigenvalue weighted by molar-refractivity contribution is 0.0700. The highest BCUT2D eigenvalue weighted by molar-refractivity contribution is 5.81. The van der Waals surface area contributed by atoms with Gasteiger partial charge in [0, 0.05) is 24.5 Å². The van der Waals surface area contributed by atoms with E-state index < -0.39 is 5.60 Å². The zero-order valence-electron chi connectivity index (χ0n) is 9.35. The lowest BCUT2D eigenvalue weighted by atomic mass is 9.94. The first-order valence-electron chi connectivity index (χ1n) is 5.37. The molecule has 1 aromatic carbocycles. The number of rotatable bonds is 3. The normalized spacial score (nSPS) is 14.9. The van der Waals surface area contributed by atoms with Crippen LogP contribution in [0.5, 0.6) is 0 Å². The molecule has 1 aromatic heterocycles. The van der Waals surface area contributed by atoms with Crippen molar-refractivity contribution in [2.45, 2.75) is 18.9 Å². The number of para-hydroxylation sites is 1. The van der Waals surface area contributed by atoms with Crippen molar-refractivity contribution in [3.05, 3.63) is 42.1 Å². The van der Waals surface area contributed by atoms with E-state index in [0.717, 1.165) is 16.5 Å². The molecule has 0 aliphatic carbocycles. The highest BCUT2D eigenvalue weighted by Crippen LogP contribution is 2.20. The highest BCUT2D eigenvalue weighted by Gasteiger charge is 2.19. The molecule has 0 aliphatic rings. The first-order valence-corrected chi connectivity index (χ1v) is 5.37. The van der Waals surface area contributed by atoms with Crippen LogP contribution in [0.15, 0.2) is 36.5 Å². The fraction of sp³-hybridized carbons (Fsp3) is 0.308. The average Bonchev–Trinajstić information content (AvgIpc) is 2.29. The second kappa shape index (κ2) is 4.20. The molecule has 0 aliphatic heterocycles. The second-order valence-corrected chi connectivity index (χ2v) is 4.37. The summed E-state index contributed by atoms with van der Waals surface area (Å²) in [7, 11) is 0. The molecule has 2 rings (SSSR count). The number of nitrogens with two attached hydrogens (primary N) is 1. The number of hydrogen-bond donors (Lipinski definition) is 2. The van der Waals surface area contributed by atoms with Crippen LogP contribution in [0.4, 0.5) is 0 Å². The predicted molar refractivity (Wildman–Crippen MR) is 65.1 cm³/mol. The third-order valence-corrected chi connectivity index (χ3v) is 2.75. The molecule has 84 valence electrons. The fourth-order valence-corrected chi connectivity index (χ4v) is 1.79. The van der Waals surface area contributed by atoms with Crippen LogP contribution in [0.25, 0.3) is 10.9 Å². The summed E-state index contributed by atoms with van der Waals surface area (Å²) in [5.74, 6) is 0. The van der Waals surface area contributed by atoms with Crippen LogP contribution in [-0.2, 0) is 6.42 Å². The molecule has 1 heterocycles. The van der Waals surface area contributed by atoms with Crippen molar-refractivity contribution < 1.29 is 5.11 Å². The third-order valence-electron chi connectivity index (χ3n) is 2.75. The zero-order valence-corrected chi connectivity index (χ0v) is 9.35. The average molecular weight is 216 g/mol. The molecule has 1 atom stereocenters. The standard InChI is InChI=1S/C13H16N2O/c1-13(16,9-14)8-10-6-7-15-12-5-3-2-4-11(10)12/h2-7,16H,8-9,14H2,1H3. The molecule has 3 N–H and O–H groups in total. The van der Waals surface area contributed by atoms with Crippen molar-refractivity contribution in [2.24, 2.45) is 5.73 Å². The number of fused-ring (bicyclic) bond motifs is 1. The lowest BCUT2D eigenvalue weighted by Gasteiger charge is -2.21. The minimum absolute atomic E-state index is 0.254. The minimum Gasteiger partial charge on any atom is -0.389 e. The van der Waals surface area contributed by atoms with Crippen LogP contribution in [-0.4, -0.2) is 22.2 Å². The van der Waals surface area contributed by atoms with Crippen molar-refractivity contribution >= 4 is 10.9 Å². The van der Waals surface area contributed by atoms with E-state index in [1.807, 2.05) is 30.3 Å². The van der Waals surface area contributed by atoms with Gasteiger partial charge in [0.15, 0.2) is 0 Å². The Balaban J connectivity index is 2.45. The maximum atomic E-state index is 9.99. The van der Waals surface area contributed by atoms with Gasteiger partial charge in [-0.15, -0.1) is 0 Å². The molecule has 3 heteroatoms. The number of benzene rings is 1. The van der Waals surface area contributed by atoms with Gasteiger partial charge in [-0.1, -0.05) is 18.2 Å². The Morgan fingerprint density at radius 2 is 2.06 bits per heavy atom. The maximum Gasteiger partial charge on any atom is 0.0781 e. The van der Waals surface area contributed by atoms with Crippen molar-refractivity contribution in [1.82, 2.24) is 4.98 Å². The van der Waals surface area contributed by atoms with Crippen LogP contribution in [0.3, 0.4) is 0 Å². The number of hydrogen-bond acceptors (Lipinski definition) is 3. The molecule has 16 heavy (non-hydrogen) atoms. The Bertz CT molecular complexity index is 489.